The zero-order valence-corrected chi connectivity index (χ0v) is 10.5. The van der Waals surface area contributed by atoms with Crippen LogP contribution in [-0.2, 0) is 0 Å². The predicted octanol–water partition coefficient (Wildman–Crippen LogP) is 2.71. The van der Waals surface area contributed by atoms with Crippen LogP contribution in [-0.4, -0.2) is 10.8 Å². The molecule has 0 unspecified atom stereocenters. The van der Waals surface area contributed by atoms with Gasteiger partial charge in [-0.05, 0) is 24.3 Å². The molecule has 2 rings (SSSR count). The zero-order chi connectivity index (χ0) is 15.6. The number of rotatable bonds is 3. The van der Waals surface area contributed by atoms with E-state index in [1.165, 1.54) is 18.2 Å². The summed E-state index contributed by atoms with van der Waals surface area (Å²) in [5, 5.41) is 13.1. The van der Waals surface area contributed by atoms with Crippen LogP contribution in [0, 0.1) is 21.7 Å². The van der Waals surface area contributed by atoms with Gasteiger partial charge in [-0.3, -0.25) is 14.9 Å². The van der Waals surface area contributed by atoms with Gasteiger partial charge in [0.15, 0.2) is 5.82 Å². The second kappa shape index (κ2) is 5.53. The Balaban J connectivity index is 2.39. The highest BCUT2D eigenvalue weighted by Crippen LogP contribution is 2.25. The van der Waals surface area contributed by atoms with Gasteiger partial charge in [-0.15, -0.1) is 0 Å². The number of nitrogens with two attached hydrogens (primary N) is 1. The largest absolute Gasteiger partial charge is 0.396 e. The van der Waals surface area contributed by atoms with Crippen molar-refractivity contribution in [2.24, 2.45) is 0 Å². The Bertz CT molecular complexity index is 735. The molecule has 0 saturated heterocycles. The number of carbonyl (C=O) groups excluding carboxylic acids is 1. The molecule has 0 aliphatic heterocycles. The fourth-order valence-corrected chi connectivity index (χ4v) is 1.68. The monoisotopic (exact) mass is 293 g/mol. The molecule has 2 aromatic carbocycles. The molecule has 2 aromatic rings. The number of nitro groups is 1. The molecule has 0 spiro atoms. The summed E-state index contributed by atoms with van der Waals surface area (Å²) in [6, 6.07) is 6.40. The minimum absolute atomic E-state index is 0.109. The van der Waals surface area contributed by atoms with Gasteiger partial charge in [-0.1, -0.05) is 6.07 Å². The third kappa shape index (κ3) is 3.11. The van der Waals surface area contributed by atoms with Crippen molar-refractivity contribution in [3.05, 3.63) is 63.7 Å². The molecule has 6 nitrogen and oxygen atoms in total. The number of benzene rings is 2. The Labute approximate surface area is 117 Å². The highest BCUT2D eigenvalue weighted by Gasteiger charge is 2.23. The van der Waals surface area contributed by atoms with Crippen LogP contribution in [0.2, 0.25) is 0 Å². The molecule has 0 radical (unpaired) electrons. The Morgan fingerprint density at radius 1 is 1.24 bits per heavy atom. The summed E-state index contributed by atoms with van der Waals surface area (Å²) in [4.78, 5) is 22.0. The Hall–Kier alpha value is -3.03. The standard InChI is InChI=1S/C13H9F2N3O3/c14-7-2-1-3-8(4-7)17-13(19)9-5-11(16)10(15)6-12(9)18(20)21/h1-6H,16H2,(H,17,19). The van der Waals surface area contributed by atoms with Crippen LogP contribution >= 0.6 is 0 Å². The van der Waals surface area contributed by atoms with E-state index in [-0.39, 0.29) is 5.69 Å². The highest BCUT2D eigenvalue weighted by atomic mass is 19.1. The maximum atomic E-state index is 13.3. The number of nitrogens with one attached hydrogen (secondary N) is 1. The molecule has 0 fully saturated rings. The first kappa shape index (κ1) is 14.4. The summed E-state index contributed by atoms with van der Waals surface area (Å²) in [5.41, 5.74) is 3.88. The van der Waals surface area contributed by atoms with E-state index in [9.17, 15) is 23.7 Å². The molecule has 0 bridgehead atoms. The van der Waals surface area contributed by atoms with Crippen molar-refractivity contribution >= 4 is 23.0 Å². The van der Waals surface area contributed by atoms with Crippen LogP contribution in [0.4, 0.5) is 25.8 Å². The smallest absolute Gasteiger partial charge is 0.285 e. The number of nitro benzene ring substituents is 1. The number of carbonyl (C=O) groups is 1. The lowest BCUT2D eigenvalue weighted by atomic mass is 10.1. The lowest BCUT2D eigenvalue weighted by Gasteiger charge is -2.07. The maximum absolute atomic E-state index is 13.3. The lowest BCUT2D eigenvalue weighted by Crippen LogP contribution is -2.15. The van der Waals surface area contributed by atoms with E-state index in [1.807, 2.05) is 0 Å². The van der Waals surface area contributed by atoms with E-state index >= 15 is 0 Å². The number of anilines is 2. The molecule has 0 aliphatic carbocycles. The average Bonchev–Trinajstić information content (AvgIpc) is 2.41. The van der Waals surface area contributed by atoms with Crippen LogP contribution in [0.1, 0.15) is 10.4 Å². The summed E-state index contributed by atoms with van der Waals surface area (Å²) in [6.07, 6.45) is 0. The molecule has 8 heteroatoms. The second-order valence-corrected chi connectivity index (χ2v) is 4.11. The normalized spacial score (nSPS) is 10.2. The molecule has 21 heavy (non-hydrogen) atoms. The van der Waals surface area contributed by atoms with Crippen LogP contribution in [0.3, 0.4) is 0 Å². The number of hydrogen-bond donors (Lipinski definition) is 2. The van der Waals surface area contributed by atoms with Gasteiger partial charge in [0, 0.05) is 5.69 Å². The minimum atomic E-state index is -0.996. The molecule has 0 atom stereocenters. The van der Waals surface area contributed by atoms with E-state index in [0.29, 0.717) is 6.07 Å². The topological polar surface area (TPSA) is 98.3 Å². The van der Waals surface area contributed by atoms with Gasteiger partial charge in [-0.2, -0.15) is 0 Å². The summed E-state index contributed by atoms with van der Waals surface area (Å²) in [6.45, 7) is 0. The minimum Gasteiger partial charge on any atom is -0.396 e. The van der Waals surface area contributed by atoms with E-state index in [0.717, 1.165) is 12.1 Å². The fourth-order valence-electron chi connectivity index (χ4n) is 1.68. The van der Waals surface area contributed by atoms with Crippen molar-refractivity contribution in [2.45, 2.75) is 0 Å². The maximum Gasteiger partial charge on any atom is 0.285 e. The number of amides is 1. The highest BCUT2D eigenvalue weighted by molar-refractivity contribution is 6.07. The number of hydrogen-bond acceptors (Lipinski definition) is 4. The molecular formula is C13H9F2N3O3. The first-order valence-electron chi connectivity index (χ1n) is 5.69. The molecule has 0 heterocycles. The molecule has 0 saturated carbocycles. The third-order valence-corrected chi connectivity index (χ3v) is 2.64. The van der Waals surface area contributed by atoms with Gasteiger partial charge < -0.3 is 11.1 Å². The van der Waals surface area contributed by atoms with Crippen molar-refractivity contribution in [3.8, 4) is 0 Å². The Morgan fingerprint density at radius 3 is 2.57 bits per heavy atom. The van der Waals surface area contributed by atoms with Crippen molar-refractivity contribution in [2.75, 3.05) is 11.1 Å². The fraction of sp³-hybridized carbons (Fsp3) is 0. The zero-order valence-electron chi connectivity index (χ0n) is 10.5. The molecular weight excluding hydrogens is 284 g/mol. The van der Waals surface area contributed by atoms with Crippen molar-refractivity contribution in [1.82, 2.24) is 0 Å². The van der Waals surface area contributed by atoms with Gasteiger partial charge in [0.2, 0.25) is 0 Å². The summed E-state index contributed by atoms with van der Waals surface area (Å²) < 4.78 is 26.3. The average molecular weight is 293 g/mol. The van der Waals surface area contributed by atoms with Gasteiger partial charge in [-0.25, -0.2) is 8.78 Å². The van der Waals surface area contributed by atoms with Gasteiger partial charge >= 0.3 is 0 Å². The van der Waals surface area contributed by atoms with Crippen LogP contribution in [0.25, 0.3) is 0 Å². The van der Waals surface area contributed by atoms with Gasteiger partial charge in [0.05, 0.1) is 16.7 Å². The number of halogens is 2. The summed E-state index contributed by atoms with van der Waals surface area (Å²) in [7, 11) is 0. The van der Waals surface area contributed by atoms with Crippen molar-refractivity contribution in [3.63, 3.8) is 0 Å². The van der Waals surface area contributed by atoms with Crippen LogP contribution in [0.5, 0.6) is 0 Å². The number of nitrogen functional groups attached to an aromatic ring is 1. The first-order chi connectivity index (χ1) is 9.88. The lowest BCUT2D eigenvalue weighted by molar-refractivity contribution is -0.385. The first-order valence-corrected chi connectivity index (χ1v) is 5.69. The summed E-state index contributed by atoms with van der Waals surface area (Å²) in [5.74, 6) is -2.47. The third-order valence-electron chi connectivity index (χ3n) is 2.64. The quantitative estimate of drug-likeness (QED) is 0.516. The molecule has 1 amide bonds. The Morgan fingerprint density at radius 2 is 1.95 bits per heavy atom. The van der Waals surface area contributed by atoms with Gasteiger partial charge in [0.25, 0.3) is 11.6 Å². The van der Waals surface area contributed by atoms with Crippen LogP contribution in [0.15, 0.2) is 36.4 Å². The molecule has 108 valence electrons. The molecule has 3 N–H and O–H groups in total. The summed E-state index contributed by atoms with van der Waals surface area (Å²) >= 11 is 0. The van der Waals surface area contributed by atoms with E-state index in [4.69, 9.17) is 5.73 Å². The van der Waals surface area contributed by atoms with Crippen molar-refractivity contribution in [1.29, 1.82) is 0 Å². The van der Waals surface area contributed by atoms with Gasteiger partial charge in [0.1, 0.15) is 11.4 Å². The second-order valence-electron chi connectivity index (χ2n) is 4.11. The molecule has 0 aromatic heterocycles. The Kier molecular flexibility index (Phi) is 3.79. The predicted molar refractivity (Wildman–Crippen MR) is 71.8 cm³/mol. The van der Waals surface area contributed by atoms with Crippen molar-refractivity contribution < 1.29 is 18.5 Å². The molecule has 0 aliphatic rings. The van der Waals surface area contributed by atoms with E-state index < -0.39 is 39.4 Å². The van der Waals surface area contributed by atoms with E-state index in [1.54, 1.807) is 0 Å². The SMILES string of the molecule is Nc1cc(C(=O)Nc2cccc(F)c2)c([N+](=O)[O-])cc1F. The number of nitrogens with zero attached hydrogens (tertiary/aromatic N) is 1. The van der Waals surface area contributed by atoms with Crippen LogP contribution < -0.4 is 11.1 Å². The van der Waals surface area contributed by atoms with E-state index in [2.05, 4.69) is 5.32 Å².